The number of hydrogen-bond donors (Lipinski definition) is 0. The summed E-state index contributed by atoms with van der Waals surface area (Å²) in [5.41, 5.74) is 3.17. The van der Waals surface area contributed by atoms with Gasteiger partial charge in [-0.05, 0) is 79.8 Å². The Bertz CT molecular complexity index is 1880. The Morgan fingerprint density at radius 1 is 0.762 bits per heavy atom. The number of pyridine rings is 1. The summed E-state index contributed by atoms with van der Waals surface area (Å²) < 4.78 is 48.5. The minimum absolute atomic E-state index is 0.0384. The highest BCUT2D eigenvalue weighted by Gasteiger charge is 2.41. The number of carbonyl (C=O) groups excluding carboxylic acids is 1. The molecule has 42 heavy (non-hydrogen) atoms. The minimum Gasteiger partial charge on any atom is -0.298 e. The summed E-state index contributed by atoms with van der Waals surface area (Å²) in [4.78, 5) is 18.8. The van der Waals surface area contributed by atoms with Crippen LogP contribution in [-0.4, -0.2) is 40.1 Å². The van der Waals surface area contributed by atoms with Crippen LogP contribution in [0.5, 0.6) is 0 Å². The lowest BCUT2D eigenvalue weighted by Gasteiger charge is -2.35. The lowest BCUT2D eigenvalue weighted by molar-refractivity contribution is -0.131. The fourth-order valence-corrected chi connectivity index (χ4v) is 6.62. The smallest absolute Gasteiger partial charge is 0.175 e. The topological polar surface area (TPSA) is 98.2 Å². The van der Waals surface area contributed by atoms with E-state index in [9.17, 15) is 21.6 Å². The Hall–Kier alpha value is -3.36. The first kappa shape index (κ1) is 31.6. The van der Waals surface area contributed by atoms with Crippen LogP contribution in [0.2, 0.25) is 0 Å². The molecule has 1 atom stereocenters. The van der Waals surface area contributed by atoms with Crippen LogP contribution in [0.3, 0.4) is 0 Å². The molecule has 0 aliphatic carbocycles. The van der Waals surface area contributed by atoms with Gasteiger partial charge in [-0.1, -0.05) is 63.2 Å². The SMILES string of the molecule is CC(C)(C)C(=O)C(C)(Cc1cccc(-c2cc(C(C)(C)S(C)(=O)=O)cc3cccnc23)c1)c1ccc(S(C)(=O)=O)cc1. The number of aromatic nitrogens is 1. The van der Waals surface area contributed by atoms with Gasteiger partial charge >= 0.3 is 0 Å². The van der Waals surface area contributed by atoms with Crippen molar-refractivity contribution in [1.82, 2.24) is 4.98 Å². The van der Waals surface area contributed by atoms with Gasteiger partial charge in [0.25, 0.3) is 0 Å². The van der Waals surface area contributed by atoms with Gasteiger partial charge in [0.05, 0.1) is 20.6 Å². The molecule has 0 fully saturated rings. The summed E-state index contributed by atoms with van der Waals surface area (Å²) in [6, 6.07) is 22.0. The van der Waals surface area contributed by atoms with E-state index in [0.717, 1.165) is 39.4 Å². The maximum atomic E-state index is 14.0. The molecule has 0 spiro atoms. The molecule has 6 nitrogen and oxygen atoms in total. The van der Waals surface area contributed by atoms with Gasteiger partial charge in [-0.15, -0.1) is 0 Å². The molecule has 8 heteroatoms. The van der Waals surface area contributed by atoms with Crippen molar-refractivity contribution in [3.8, 4) is 11.1 Å². The average molecular weight is 606 g/mol. The molecule has 0 amide bonds. The van der Waals surface area contributed by atoms with E-state index in [-0.39, 0.29) is 10.7 Å². The molecular weight excluding hydrogens is 567 g/mol. The predicted octanol–water partition coefficient (Wildman–Crippen LogP) is 6.70. The van der Waals surface area contributed by atoms with Crippen LogP contribution in [-0.2, 0) is 41.1 Å². The van der Waals surface area contributed by atoms with E-state index >= 15 is 0 Å². The van der Waals surface area contributed by atoms with Gasteiger partial charge < -0.3 is 0 Å². The standard InChI is InChI=1S/C34H39NO5S2/c1-32(2,3)31(36)34(6,26-14-16-28(17-15-26)41(7,37)38)22-23-11-9-12-24(19-23)29-21-27(33(4,5)42(8,39)40)20-25-13-10-18-35-30(25)29/h9-21H,22H2,1-8H3. The molecule has 0 radical (unpaired) electrons. The molecule has 1 heterocycles. The number of benzene rings is 3. The van der Waals surface area contributed by atoms with Crippen LogP contribution in [0, 0.1) is 5.41 Å². The largest absolute Gasteiger partial charge is 0.298 e. The molecule has 222 valence electrons. The zero-order valence-electron chi connectivity index (χ0n) is 25.5. The Morgan fingerprint density at radius 3 is 1.98 bits per heavy atom. The number of fused-ring (bicyclic) bond motifs is 1. The Balaban J connectivity index is 1.87. The van der Waals surface area contributed by atoms with Crippen molar-refractivity contribution in [2.75, 3.05) is 12.5 Å². The second-order valence-corrected chi connectivity index (χ2v) is 17.5. The number of hydrogen-bond acceptors (Lipinski definition) is 6. The minimum atomic E-state index is -3.42. The number of ketones is 1. The van der Waals surface area contributed by atoms with E-state index in [1.165, 1.54) is 6.26 Å². The second-order valence-electron chi connectivity index (χ2n) is 13.0. The van der Waals surface area contributed by atoms with Gasteiger partial charge in [0, 0.05) is 35.1 Å². The summed E-state index contributed by atoms with van der Waals surface area (Å²) in [7, 11) is -6.80. The van der Waals surface area contributed by atoms with Crippen molar-refractivity contribution in [3.05, 3.63) is 95.7 Å². The lowest BCUT2D eigenvalue weighted by Crippen LogP contribution is -2.42. The number of sulfone groups is 2. The van der Waals surface area contributed by atoms with E-state index in [4.69, 9.17) is 0 Å². The van der Waals surface area contributed by atoms with Gasteiger partial charge in [-0.2, -0.15) is 0 Å². The monoisotopic (exact) mass is 605 g/mol. The highest BCUT2D eigenvalue weighted by atomic mass is 32.2. The fraction of sp³-hybridized carbons (Fsp3) is 0.353. The number of carbonyl (C=O) groups is 1. The van der Waals surface area contributed by atoms with E-state index in [1.54, 1.807) is 44.3 Å². The van der Waals surface area contributed by atoms with Gasteiger partial charge in [0.15, 0.2) is 19.7 Å². The van der Waals surface area contributed by atoms with Crippen molar-refractivity contribution in [3.63, 3.8) is 0 Å². The predicted molar refractivity (Wildman–Crippen MR) is 170 cm³/mol. The lowest BCUT2D eigenvalue weighted by atomic mass is 9.66. The van der Waals surface area contributed by atoms with Gasteiger partial charge in [0.2, 0.25) is 0 Å². The maximum Gasteiger partial charge on any atom is 0.175 e. The molecule has 0 aliphatic rings. The molecule has 0 saturated carbocycles. The number of nitrogens with zero attached hydrogens (tertiary/aromatic N) is 1. The van der Waals surface area contributed by atoms with Crippen LogP contribution < -0.4 is 0 Å². The number of rotatable bonds is 8. The second kappa shape index (κ2) is 10.7. The van der Waals surface area contributed by atoms with Gasteiger partial charge in [0.1, 0.15) is 5.78 Å². The third-order valence-electron chi connectivity index (χ3n) is 8.22. The van der Waals surface area contributed by atoms with Gasteiger partial charge in [-0.25, -0.2) is 16.8 Å². The molecule has 1 aromatic heterocycles. The molecule has 0 bridgehead atoms. The van der Waals surface area contributed by atoms with Crippen LogP contribution in [0.4, 0.5) is 0 Å². The average Bonchev–Trinajstić information content (AvgIpc) is 2.90. The van der Waals surface area contributed by atoms with Crippen molar-refractivity contribution in [2.24, 2.45) is 5.41 Å². The van der Waals surface area contributed by atoms with Gasteiger partial charge in [-0.3, -0.25) is 9.78 Å². The molecule has 1 unspecified atom stereocenters. The summed E-state index contributed by atoms with van der Waals surface area (Å²) in [5, 5.41) is 0.839. The third-order valence-corrected chi connectivity index (χ3v) is 11.4. The molecule has 0 N–H and O–H groups in total. The molecule has 3 aromatic carbocycles. The first-order valence-corrected chi connectivity index (χ1v) is 17.6. The Morgan fingerprint density at radius 2 is 1.40 bits per heavy atom. The number of Topliss-reactive ketones (excluding diaryl/α,β-unsaturated/α-hetero) is 1. The molecule has 0 saturated heterocycles. The van der Waals surface area contributed by atoms with Crippen LogP contribution in [0.1, 0.15) is 58.2 Å². The Labute approximate surface area is 250 Å². The molecular formula is C34H39NO5S2. The van der Waals surface area contributed by atoms with Crippen LogP contribution >= 0.6 is 0 Å². The first-order chi connectivity index (χ1) is 19.2. The van der Waals surface area contributed by atoms with Crippen molar-refractivity contribution in [1.29, 1.82) is 0 Å². The van der Waals surface area contributed by atoms with E-state index in [2.05, 4.69) is 4.98 Å². The van der Waals surface area contributed by atoms with Crippen LogP contribution in [0.15, 0.2) is 83.9 Å². The highest BCUT2D eigenvalue weighted by Crippen LogP contribution is 2.39. The normalized spacial score (nSPS) is 14.5. The van der Waals surface area contributed by atoms with Crippen LogP contribution in [0.25, 0.3) is 22.0 Å². The quantitative estimate of drug-likeness (QED) is 0.222. The Kier molecular flexibility index (Phi) is 8.06. The zero-order valence-corrected chi connectivity index (χ0v) is 27.2. The van der Waals surface area contributed by atoms with Crippen molar-refractivity contribution in [2.45, 2.75) is 63.0 Å². The summed E-state index contributed by atoms with van der Waals surface area (Å²) in [5.74, 6) is 0.0384. The molecule has 0 aliphatic heterocycles. The maximum absolute atomic E-state index is 14.0. The van der Waals surface area contributed by atoms with Crippen molar-refractivity contribution >= 4 is 36.4 Å². The molecule has 4 aromatic rings. The summed E-state index contributed by atoms with van der Waals surface area (Å²) in [6.07, 6.45) is 4.51. The van der Waals surface area contributed by atoms with Crippen molar-refractivity contribution < 1.29 is 21.6 Å². The van der Waals surface area contributed by atoms with E-state index in [1.807, 2.05) is 76.2 Å². The first-order valence-electron chi connectivity index (χ1n) is 13.8. The molecule has 4 rings (SSSR count). The summed E-state index contributed by atoms with van der Waals surface area (Å²) in [6.45, 7) is 11.0. The summed E-state index contributed by atoms with van der Waals surface area (Å²) >= 11 is 0. The van der Waals surface area contributed by atoms with E-state index < -0.39 is 35.3 Å². The zero-order chi connectivity index (χ0) is 31.3. The highest BCUT2D eigenvalue weighted by molar-refractivity contribution is 7.91. The fourth-order valence-electron chi connectivity index (χ4n) is 5.44. The van der Waals surface area contributed by atoms with E-state index in [0.29, 0.717) is 12.0 Å². The third kappa shape index (κ3) is 6.06.